The predicted molar refractivity (Wildman–Crippen MR) is 84.3 cm³/mol. The number of rotatable bonds is 4. The first-order valence-electron chi connectivity index (χ1n) is 7.29. The summed E-state index contributed by atoms with van der Waals surface area (Å²) < 4.78 is 5.59. The molecular formula is C18H17NO3. The highest BCUT2D eigenvalue weighted by Gasteiger charge is 2.36. The number of ketones is 1. The number of aryl methyl sites for hydroxylation is 1. The molecule has 0 aliphatic carbocycles. The van der Waals surface area contributed by atoms with E-state index in [-0.39, 0.29) is 0 Å². The molecular weight excluding hydrogens is 278 g/mol. The minimum atomic E-state index is -0.480. The Morgan fingerprint density at radius 2 is 1.86 bits per heavy atom. The Labute approximate surface area is 129 Å². The second-order valence-electron chi connectivity index (χ2n) is 5.28. The third-order valence-corrected chi connectivity index (χ3v) is 3.73. The number of hydrogen-bond donors (Lipinski definition) is 0. The zero-order valence-corrected chi connectivity index (χ0v) is 12.6. The number of hydrogen-bond acceptors (Lipinski definition) is 3. The van der Waals surface area contributed by atoms with Gasteiger partial charge in [-0.25, -0.2) is 0 Å². The summed E-state index contributed by atoms with van der Waals surface area (Å²) in [7, 11) is 0. The lowest BCUT2D eigenvalue weighted by molar-refractivity contribution is -0.114. The fourth-order valence-electron chi connectivity index (χ4n) is 2.67. The predicted octanol–water partition coefficient (Wildman–Crippen LogP) is 3.12. The van der Waals surface area contributed by atoms with E-state index < -0.39 is 11.7 Å². The van der Waals surface area contributed by atoms with Gasteiger partial charge >= 0.3 is 0 Å². The Hall–Kier alpha value is -2.62. The molecule has 0 atom stereocenters. The van der Waals surface area contributed by atoms with Crippen LogP contribution in [-0.2, 0) is 11.3 Å². The zero-order valence-electron chi connectivity index (χ0n) is 12.6. The second-order valence-corrected chi connectivity index (χ2v) is 5.28. The first-order valence-corrected chi connectivity index (χ1v) is 7.29. The molecule has 0 N–H and O–H groups in total. The van der Waals surface area contributed by atoms with E-state index in [1.165, 1.54) is 4.90 Å². The first kappa shape index (κ1) is 14.3. The van der Waals surface area contributed by atoms with Crippen molar-refractivity contribution in [2.45, 2.75) is 20.4 Å². The van der Waals surface area contributed by atoms with Gasteiger partial charge in [0.05, 0.1) is 24.4 Å². The number of benzene rings is 2. The quantitative estimate of drug-likeness (QED) is 0.814. The minimum absolute atomic E-state index is 0.330. The Morgan fingerprint density at radius 1 is 1.09 bits per heavy atom. The van der Waals surface area contributed by atoms with Crippen molar-refractivity contribution in [3.05, 3.63) is 59.2 Å². The summed E-state index contributed by atoms with van der Waals surface area (Å²) >= 11 is 0. The molecule has 0 fully saturated rings. The summed E-state index contributed by atoms with van der Waals surface area (Å²) in [6, 6.07) is 13.1. The Balaban J connectivity index is 1.97. The van der Waals surface area contributed by atoms with Gasteiger partial charge in [-0.1, -0.05) is 29.8 Å². The third-order valence-electron chi connectivity index (χ3n) is 3.73. The first-order chi connectivity index (χ1) is 10.6. The molecule has 112 valence electrons. The molecule has 1 aliphatic rings. The molecule has 22 heavy (non-hydrogen) atoms. The van der Waals surface area contributed by atoms with Crippen molar-refractivity contribution in [1.29, 1.82) is 0 Å². The van der Waals surface area contributed by atoms with Crippen LogP contribution in [0.5, 0.6) is 5.75 Å². The van der Waals surface area contributed by atoms with E-state index in [9.17, 15) is 9.59 Å². The fraction of sp³-hybridized carbons (Fsp3) is 0.222. The number of amides is 1. The lowest BCUT2D eigenvalue weighted by atomic mass is 10.1. The summed E-state index contributed by atoms with van der Waals surface area (Å²) in [5, 5.41) is 0. The van der Waals surface area contributed by atoms with Gasteiger partial charge in [0.15, 0.2) is 0 Å². The van der Waals surface area contributed by atoms with E-state index in [1.54, 1.807) is 6.07 Å². The summed E-state index contributed by atoms with van der Waals surface area (Å²) in [4.78, 5) is 25.9. The van der Waals surface area contributed by atoms with Crippen LogP contribution in [0.1, 0.15) is 28.4 Å². The highest BCUT2D eigenvalue weighted by Crippen LogP contribution is 2.32. The van der Waals surface area contributed by atoms with Crippen LogP contribution in [0, 0.1) is 6.92 Å². The van der Waals surface area contributed by atoms with Crippen LogP contribution in [0.25, 0.3) is 0 Å². The van der Waals surface area contributed by atoms with E-state index in [0.717, 1.165) is 16.9 Å². The van der Waals surface area contributed by atoms with Crippen molar-refractivity contribution in [2.24, 2.45) is 0 Å². The molecule has 1 heterocycles. The SMILES string of the molecule is CCOc1ccccc1CN1C(=O)C(=O)c2cc(C)ccc21. The molecule has 1 aliphatic heterocycles. The molecule has 4 nitrogen and oxygen atoms in total. The molecule has 1 amide bonds. The van der Waals surface area contributed by atoms with E-state index >= 15 is 0 Å². The lowest BCUT2D eigenvalue weighted by Crippen LogP contribution is -2.29. The van der Waals surface area contributed by atoms with Crippen LogP contribution in [0.15, 0.2) is 42.5 Å². The van der Waals surface area contributed by atoms with Crippen LogP contribution in [0.3, 0.4) is 0 Å². The summed E-state index contributed by atoms with van der Waals surface area (Å²) in [5.74, 6) is -0.176. The summed E-state index contributed by atoms with van der Waals surface area (Å²) in [6.45, 7) is 4.71. The number of fused-ring (bicyclic) bond motifs is 1. The van der Waals surface area contributed by atoms with E-state index in [1.807, 2.05) is 50.2 Å². The number of nitrogens with zero attached hydrogens (tertiary/aromatic N) is 1. The molecule has 4 heteroatoms. The van der Waals surface area contributed by atoms with Gasteiger partial charge in [-0.15, -0.1) is 0 Å². The van der Waals surface area contributed by atoms with Crippen molar-refractivity contribution in [3.63, 3.8) is 0 Å². The van der Waals surface area contributed by atoms with Crippen LogP contribution in [0.4, 0.5) is 5.69 Å². The van der Waals surface area contributed by atoms with Gasteiger partial charge in [-0.3, -0.25) is 9.59 Å². The molecule has 0 unspecified atom stereocenters. The molecule has 3 rings (SSSR count). The summed E-state index contributed by atoms with van der Waals surface area (Å²) in [6.07, 6.45) is 0. The molecule has 0 spiro atoms. The van der Waals surface area contributed by atoms with E-state index in [0.29, 0.717) is 24.4 Å². The smallest absolute Gasteiger partial charge is 0.299 e. The van der Waals surface area contributed by atoms with Crippen molar-refractivity contribution in [3.8, 4) is 5.75 Å². The maximum atomic E-state index is 12.3. The standard InChI is InChI=1S/C18H17NO3/c1-3-22-16-7-5-4-6-13(16)11-19-15-9-8-12(2)10-14(15)17(20)18(19)21/h4-10H,3,11H2,1-2H3. The molecule has 0 aromatic heterocycles. The average molecular weight is 295 g/mol. The van der Waals surface area contributed by atoms with Gasteiger partial charge in [-0.05, 0) is 32.0 Å². The molecule has 2 aromatic carbocycles. The Morgan fingerprint density at radius 3 is 2.64 bits per heavy atom. The highest BCUT2D eigenvalue weighted by molar-refractivity contribution is 6.52. The van der Waals surface area contributed by atoms with Gasteiger partial charge in [-0.2, -0.15) is 0 Å². The van der Waals surface area contributed by atoms with Crippen LogP contribution in [0.2, 0.25) is 0 Å². The number of para-hydroxylation sites is 1. The molecule has 0 bridgehead atoms. The number of Topliss-reactive ketones (excluding diaryl/α,β-unsaturated/α-hetero) is 1. The average Bonchev–Trinajstić information content (AvgIpc) is 2.74. The summed E-state index contributed by atoms with van der Waals surface area (Å²) in [5.41, 5.74) is 3.01. The van der Waals surface area contributed by atoms with E-state index in [4.69, 9.17) is 4.74 Å². The fourth-order valence-corrected chi connectivity index (χ4v) is 2.67. The maximum absolute atomic E-state index is 12.3. The van der Waals surface area contributed by atoms with Crippen molar-refractivity contribution in [2.75, 3.05) is 11.5 Å². The number of carbonyl (C=O) groups is 2. The third kappa shape index (κ3) is 2.37. The normalized spacial score (nSPS) is 13.5. The maximum Gasteiger partial charge on any atom is 0.299 e. The number of ether oxygens (including phenoxy) is 1. The highest BCUT2D eigenvalue weighted by atomic mass is 16.5. The molecule has 0 saturated heterocycles. The monoisotopic (exact) mass is 295 g/mol. The minimum Gasteiger partial charge on any atom is -0.494 e. The Bertz CT molecular complexity index is 752. The zero-order chi connectivity index (χ0) is 15.7. The van der Waals surface area contributed by atoms with E-state index in [2.05, 4.69) is 0 Å². The largest absolute Gasteiger partial charge is 0.494 e. The van der Waals surface area contributed by atoms with Crippen LogP contribution in [-0.4, -0.2) is 18.3 Å². The van der Waals surface area contributed by atoms with Crippen LogP contribution < -0.4 is 9.64 Å². The van der Waals surface area contributed by atoms with Crippen molar-refractivity contribution in [1.82, 2.24) is 0 Å². The lowest BCUT2D eigenvalue weighted by Gasteiger charge is -2.18. The van der Waals surface area contributed by atoms with Gasteiger partial charge in [0, 0.05) is 5.56 Å². The van der Waals surface area contributed by atoms with Crippen LogP contribution >= 0.6 is 0 Å². The number of carbonyl (C=O) groups excluding carboxylic acids is 2. The van der Waals surface area contributed by atoms with Gasteiger partial charge in [0.2, 0.25) is 0 Å². The molecule has 2 aromatic rings. The topological polar surface area (TPSA) is 46.6 Å². The number of anilines is 1. The second kappa shape index (κ2) is 5.64. The Kier molecular flexibility index (Phi) is 3.67. The van der Waals surface area contributed by atoms with Gasteiger partial charge < -0.3 is 9.64 Å². The van der Waals surface area contributed by atoms with Crippen molar-refractivity contribution < 1.29 is 14.3 Å². The molecule has 0 saturated carbocycles. The van der Waals surface area contributed by atoms with Crippen molar-refractivity contribution >= 4 is 17.4 Å². The van der Waals surface area contributed by atoms with Gasteiger partial charge in [0.1, 0.15) is 5.75 Å². The molecule has 0 radical (unpaired) electrons. The van der Waals surface area contributed by atoms with Gasteiger partial charge in [0.25, 0.3) is 11.7 Å².